The maximum atomic E-state index is 13.5. The molecule has 0 aliphatic rings. The normalized spacial score (nSPS) is 9.73. The van der Waals surface area contributed by atoms with Gasteiger partial charge in [0.05, 0.1) is 15.7 Å². The summed E-state index contributed by atoms with van der Waals surface area (Å²) in [4.78, 5) is 10.7. The molecule has 0 saturated carbocycles. The van der Waals surface area contributed by atoms with Gasteiger partial charge in [-0.05, 0) is 28.1 Å². The van der Waals surface area contributed by atoms with Gasteiger partial charge in [-0.2, -0.15) is 0 Å². The SMILES string of the molecule is C=CCNc1ccc(C(=O)O)c(Br)c1F. The summed E-state index contributed by atoms with van der Waals surface area (Å²) in [6.45, 7) is 3.90. The van der Waals surface area contributed by atoms with Crippen LogP contribution in [0.3, 0.4) is 0 Å². The van der Waals surface area contributed by atoms with E-state index in [1.807, 2.05) is 0 Å². The van der Waals surface area contributed by atoms with Crippen molar-refractivity contribution in [3.63, 3.8) is 0 Å². The molecular weight excluding hydrogens is 265 g/mol. The molecule has 5 heteroatoms. The Hall–Kier alpha value is -1.36. The maximum Gasteiger partial charge on any atom is 0.336 e. The molecule has 0 saturated heterocycles. The van der Waals surface area contributed by atoms with Gasteiger partial charge in [0.1, 0.15) is 0 Å². The monoisotopic (exact) mass is 273 g/mol. The predicted molar refractivity (Wildman–Crippen MR) is 59.7 cm³/mol. The average molecular weight is 274 g/mol. The fourth-order valence-corrected chi connectivity index (χ4v) is 1.55. The minimum absolute atomic E-state index is 0.0518. The lowest BCUT2D eigenvalue weighted by Gasteiger charge is -2.08. The lowest BCUT2D eigenvalue weighted by atomic mass is 10.2. The number of halogens is 2. The smallest absolute Gasteiger partial charge is 0.336 e. The molecule has 0 atom stereocenters. The van der Waals surface area contributed by atoms with E-state index in [2.05, 4.69) is 27.8 Å². The van der Waals surface area contributed by atoms with Crippen LogP contribution in [0.25, 0.3) is 0 Å². The number of carbonyl (C=O) groups is 1. The highest BCUT2D eigenvalue weighted by molar-refractivity contribution is 9.10. The van der Waals surface area contributed by atoms with Crippen LogP contribution < -0.4 is 5.32 Å². The molecule has 0 heterocycles. The second-order valence-electron chi connectivity index (χ2n) is 2.76. The fourth-order valence-electron chi connectivity index (χ4n) is 1.03. The van der Waals surface area contributed by atoms with Crippen LogP contribution in [0.4, 0.5) is 10.1 Å². The van der Waals surface area contributed by atoms with Crippen LogP contribution in [0.5, 0.6) is 0 Å². The Labute approximate surface area is 94.7 Å². The maximum absolute atomic E-state index is 13.5. The molecule has 1 rings (SSSR count). The molecule has 0 bridgehead atoms. The van der Waals surface area contributed by atoms with Crippen molar-refractivity contribution in [1.82, 2.24) is 0 Å². The minimum Gasteiger partial charge on any atom is -0.478 e. The lowest BCUT2D eigenvalue weighted by Crippen LogP contribution is -2.04. The Balaban J connectivity index is 3.09. The summed E-state index contributed by atoms with van der Waals surface area (Å²) >= 11 is 2.90. The molecule has 0 aliphatic carbocycles. The number of anilines is 1. The van der Waals surface area contributed by atoms with Crippen molar-refractivity contribution in [3.05, 3.63) is 40.6 Å². The van der Waals surface area contributed by atoms with Gasteiger partial charge in [0.2, 0.25) is 0 Å². The third kappa shape index (κ3) is 2.56. The summed E-state index contributed by atoms with van der Waals surface area (Å²) in [5, 5.41) is 11.5. The summed E-state index contributed by atoms with van der Waals surface area (Å²) < 4.78 is 13.5. The molecule has 0 unspecified atom stereocenters. The molecule has 0 amide bonds. The summed E-state index contributed by atoms with van der Waals surface area (Å²) in [7, 11) is 0. The van der Waals surface area contributed by atoms with Gasteiger partial charge in [-0.3, -0.25) is 0 Å². The fraction of sp³-hybridized carbons (Fsp3) is 0.100. The topological polar surface area (TPSA) is 49.3 Å². The van der Waals surface area contributed by atoms with Crippen LogP contribution >= 0.6 is 15.9 Å². The zero-order valence-corrected chi connectivity index (χ0v) is 9.34. The highest BCUT2D eigenvalue weighted by Gasteiger charge is 2.15. The van der Waals surface area contributed by atoms with E-state index in [1.165, 1.54) is 12.1 Å². The number of benzene rings is 1. The number of hydrogen-bond acceptors (Lipinski definition) is 2. The van der Waals surface area contributed by atoms with Crippen molar-refractivity contribution in [1.29, 1.82) is 0 Å². The Bertz CT molecular complexity index is 407. The number of hydrogen-bond donors (Lipinski definition) is 2. The van der Waals surface area contributed by atoms with Crippen molar-refractivity contribution in [2.24, 2.45) is 0 Å². The molecule has 0 radical (unpaired) electrons. The molecule has 1 aromatic carbocycles. The van der Waals surface area contributed by atoms with Crippen molar-refractivity contribution >= 4 is 27.6 Å². The Kier molecular flexibility index (Phi) is 3.85. The first-order valence-corrected chi connectivity index (χ1v) is 4.93. The van der Waals surface area contributed by atoms with Gasteiger partial charge in [-0.1, -0.05) is 6.08 Å². The lowest BCUT2D eigenvalue weighted by molar-refractivity contribution is 0.0695. The number of carboxylic acids is 1. The van der Waals surface area contributed by atoms with Gasteiger partial charge in [0.25, 0.3) is 0 Å². The standard InChI is InChI=1S/C10H9BrFNO2/c1-2-5-13-7-4-3-6(10(14)15)8(11)9(7)12/h2-4,13H,1,5H2,(H,14,15). The van der Waals surface area contributed by atoms with Gasteiger partial charge in [0, 0.05) is 6.54 Å². The van der Waals surface area contributed by atoms with E-state index >= 15 is 0 Å². The van der Waals surface area contributed by atoms with Gasteiger partial charge < -0.3 is 10.4 Å². The van der Waals surface area contributed by atoms with Gasteiger partial charge in [-0.25, -0.2) is 9.18 Å². The van der Waals surface area contributed by atoms with Crippen molar-refractivity contribution < 1.29 is 14.3 Å². The summed E-state index contributed by atoms with van der Waals surface area (Å²) in [5.41, 5.74) is 0.142. The van der Waals surface area contributed by atoms with Crippen molar-refractivity contribution in [2.45, 2.75) is 0 Å². The second kappa shape index (κ2) is 4.93. The summed E-state index contributed by atoms with van der Waals surface area (Å²) in [5.74, 6) is -1.78. The number of aromatic carboxylic acids is 1. The van der Waals surface area contributed by atoms with E-state index < -0.39 is 11.8 Å². The van der Waals surface area contributed by atoms with E-state index in [-0.39, 0.29) is 15.7 Å². The predicted octanol–water partition coefficient (Wildman–Crippen LogP) is 2.88. The van der Waals surface area contributed by atoms with Crippen LogP contribution in [0.15, 0.2) is 29.3 Å². The molecule has 80 valence electrons. The van der Waals surface area contributed by atoms with Crippen molar-refractivity contribution in [2.75, 3.05) is 11.9 Å². The number of carboxylic acid groups (broad SMARTS) is 1. The number of rotatable bonds is 4. The average Bonchev–Trinajstić information content (AvgIpc) is 2.20. The number of nitrogens with one attached hydrogen (secondary N) is 1. The highest BCUT2D eigenvalue weighted by atomic mass is 79.9. The Morgan fingerprint density at radius 1 is 1.67 bits per heavy atom. The van der Waals surface area contributed by atoms with Gasteiger partial charge >= 0.3 is 5.97 Å². The minimum atomic E-state index is -1.17. The zero-order valence-electron chi connectivity index (χ0n) is 7.76. The first-order valence-electron chi connectivity index (χ1n) is 4.14. The third-order valence-electron chi connectivity index (χ3n) is 1.75. The van der Waals surface area contributed by atoms with Crippen LogP contribution in [-0.2, 0) is 0 Å². The molecule has 3 nitrogen and oxygen atoms in total. The molecule has 0 fully saturated rings. The largest absolute Gasteiger partial charge is 0.478 e. The second-order valence-corrected chi connectivity index (χ2v) is 3.56. The molecule has 15 heavy (non-hydrogen) atoms. The molecule has 0 aliphatic heterocycles. The van der Waals surface area contributed by atoms with E-state index in [0.29, 0.717) is 6.54 Å². The Morgan fingerprint density at radius 2 is 2.33 bits per heavy atom. The van der Waals surface area contributed by atoms with E-state index in [0.717, 1.165) is 0 Å². The molecule has 1 aromatic rings. The molecule has 2 N–H and O–H groups in total. The van der Waals surface area contributed by atoms with Crippen LogP contribution in [0.1, 0.15) is 10.4 Å². The zero-order chi connectivity index (χ0) is 11.4. The van der Waals surface area contributed by atoms with Crippen LogP contribution in [-0.4, -0.2) is 17.6 Å². The van der Waals surface area contributed by atoms with E-state index in [1.54, 1.807) is 6.08 Å². The van der Waals surface area contributed by atoms with Crippen molar-refractivity contribution in [3.8, 4) is 0 Å². The molecule has 0 spiro atoms. The first kappa shape index (κ1) is 11.7. The molecular formula is C10H9BrFNO2. The quantitative estimate of drug-likeness (QED) is 0.830. The van der Waals surface area contributed by atoms with E-state index in [4.69, 9.17) is 5.11 Å². The van der Waals surface area contributed by atoms with Crippen LogP contribution in [0.2, 0.25) is 0 Å². The molecule has 0 aromatic heterocycles. The van der Waals surface area contributed by atoms with Gasteiger partial charge in [-0.15, -0.1) is 6.58 Å². The third-order valence-corrected chi connectivity index (χ3v) is 2.52. The highest BCUT2D eigenvalue weighted by Crippen LogP contribution is 2.26. The van der Waals surface area contributed by atoms with E-state index in [9.17, 15) is 9.18 Å². The first-order chi connectivity index (χ1) is 7.07. The van der Waals surface area contributed by atoms with Crippen LogP contribution in [0, 0.1) is 5.82 Å². The summed E-state index contributed by atoms with van der Waals surface area (Å²) in [6, 6.07) is 2.72. The Morgan fingerprint density at radius 3 is 2.87 bits per heavy atom. The van der Waals surface area contributed by atoms with Gasteiger partial charge in [0.15, 0.2) is 5.82 Å². The summed E-state index contributed by atoms with van der Waals surface area (Å²) in [6.07, 6.45) is 1.58.